The van der Waals surface area contributed by atoms with Crippen molar-refractivity contribution >= 4 is 5.91 Å². The van der Waals surface area contributed by atoms with Crippen molar-refractivity contribution in [3.05, 3.63) is 35.9 Å². The average molecular weight is 260 g/mol. The Morgan fingerprint density at radius 1 is 1.26 bits per heavy atom. The number of amides is 1. The Kier molecular flexibility index (Phi) is 4.59. The highest BCUT2D eigenvalue weighted by Crippen LogP contribution is 2.27. The maximum atomic E-state index is 12.2. The van der Waals surface area contributed by atoms with E-state index in [2.05, 4.69) is 12.2 Å². The largest absolute Gasteiger partial charge is 0.350 e. The zero-order chi connectivity index (χ0) is 13.7. The Labute approximate surface area is 115 Å². The minimum absolute atomic E-state index is 0.0201. The Morgan fingerprint density at radius 3 is 2.53 bits per heavy atom. The monoisotopic (exact) mass is 260 g/mol. The van der Waals surface area contributed by atoms with Crippen molar-refractivity contribution < 1.29 is 4.79 Å². The molecule has 1 aliphatic rings. The molecule has 104 valence electrons. The van der Waals surface area contributed by atoms with Gasteiger partial charge in [-0.05, 0) is 31.7 Å². The van der Waals surface area contributed by atoms with Gasteiger partial charge in [0.1, 0.15) is 0 Å². The summed E-state index contributed by atoms with van der Waals surface area (Å²) in [6.45, 7) is 2.14. The van der Waals surface area contributed by atoms with Gasteiger partial charge in [0, 0.05) is 5.54 Å². The van der Waals surface area contributed by atoms with Gasteiger partial charge in [0.25, 0.3) is 0 Å². The van der Waals surface area contributed by atoms with Gasteiger partial charge in [-0.2, -0.15) is 0 Å². The fourth-order valence-electron chi connectivity index (χ4n) is 2.81. The Balaban J connectivity index is 1.88. The molecule has 0 heterocycles. The lowest BCUT2D eigenvalue weighted by Gasteiger charge is -2.35. The van der Waals surface area contributed by atoms with Gasteiger partial charge < -0.3 is 11.1 Å². The molecule has 0 aromatic heterocycles. The first-order chi connectivity index (χ1) is 9.09. The summed E-state index contributed by atoms with van der Waals surface area (Å²) in [7, 11) is 0. The molecule has 3 heteroatoms. The molecular weight excluding hydrogens is 236 g/mol. The summed E-state index contributed by atoms with van der Waals surface area (Å²) in [4.78, 5) is 12.2. The third-order valence-electron chi connectivity index (χ3n) is 4.02. The van der Waals surface area contributed by atoms with Crippen LogP contribution in [-0.4, -0.2) is 17.5 Å². The molecule has 0 bridgehead atoms. The summed E-state index contributed by atoms with van der Waals surface area (Å²) in [5.74, 6) is -0.0201. The van der Waals surface area contributed by atoms with Gasteiger partial charge >= 0.3 is 0 Å². The lowest BCUT2D eigenvalue weighted by molar-refractivity contribution is -0.124. The summed E-state index contributed by atoms with van der Waals surface area (Å²) in [6.07, 6.45) is 6.41. The first-order valence-corrected chi connectivity index (χ1v) is 7.21. The van der Waals surface area contributed by atoms with E-state index in [0.29, 0.717) is 6.42 Å². The van der Waals surface area contributed by atoms with Crippen molar-refractivity contribution in [2.45, 2.75) is 57.0 Å². The van der Waals surface area contributed by atoms with Crippen LogP contribution in [0.4, 0.5) is 0 Å². The van der Waals surface area contributed by atoms with E-state index in [4.69, 9.17) is 5.73 Å². The molecule has 2 rings (SSSR count). The molecule has 0 saturated heterocycles. The van der Waals surface area contributed by atoms with E-state index in [0.717, 1.165) is 18.4 Å². The second-order valence-corrected chi connectivity index (χ2v) is 5.91. The van der Waals surface area contributed by atoms with Crippen LogP contribution in [0.3, 0.4) is 0 Å². The number of carbonyl (C=O) groups excluding carboxylic acids is 1. The van der Waals surface area contributed by atoms with Gasteiger partial charge in [-0.3, -0.25) is 4.79 Å². The minimum atomic E-state index is -0.457. The molecule has 3 nitrogen and oxygen atoms in total. The maximum Gasteiger partial charge on any atom is 0.237 e. The van der Waals surface area contributed by atoms with Crippen LogP contribution in [0.2, 0.25) is 0 Å². The first kappa shape index (κ1) is 14.1. The standard InChI is InChI=1S/C16H24N2O/c1-16(10-6-3-7-11-16)18-15(19)14(17)12-13-8-4-2-5-9-13/h2,4-5,8-9,14H,3,6-7,10-12,17H2,1H3,(H,18,19)/t14-/m0/s1. The number of hydrogen-bond donors (Lipinski definition) is 2. The number of nitrogens with two attached hydrogens (primary N) is 1. The normalized spacial score (nSPS) is 19.7. The molecule has 19 heavy (non-hydrogen) atoms. The molecule has 0 spiro atoms. The third-order valence-corrected chi connectivity index (χ3v) is 4.02. The van der Waals surface area contributed by atoms with Crippen LogP contribution in [0.1, 0.15) is 44.6 Å². The summed E-state index contributed by atoms with van der Waals surface area (Å²) in [5, 5.41) is 3.15. The quantitative estimate of drug-likeness (QED) is 0.873. The van der Waals surface area contributed by atoms with E-state index < -0.39 is 6.04 Å². The van der Waals surface area contributed by atoms with Crippen molar-refractivity contribution in [3.63, 3.8) is 0 Å². The number of rotatable bonds is 4. The van der Waals surface area contributed by atoms with Crippen LogP contribution in [-0.2, 0) is 11.2 Å². The van der Waals surface area contributed by atoms with Gasteiger partial charge in [0.2, 0.25) is 5.91 Å². The van der Waals surface area contributed by atoms with Crippen LogP contribution in [0.5, 0.6) is 0 Å². The van der Waals surface area contributed by atoms with Crippen molar-refractivity contribution in [1.29, 1.82) is 0 Å². The third kappa shape index (κ3) is 4.06. The van der Waals surface area contributed by atoms with Crippen LogP contribution in [0.25, 0.3) is 0 Å². The predicted octanol–water partition coefficient (Wildman–Crippen LogP) is 2.40. The van der Waals surface area contributed by atoms with Gasteiger partial charge in [0.05, 0.1) is 6.04 Å². The van der Waals surface area contributed by atoms with Gasteiger partial charge in [-0.15, -0.1) is 0 Å². The highest BCUT2D eigenvalue weighted by atomic mass is 16.2. The first-order valence-electron chi connectivity index (χ1n) is 7.21. The lowest BCUT2D eigenvalue weighted by Crippen LogP contribution is -2.53. The second-order valence-electron chi connectivity index (χ2n) is 5.91. The maximum absolute atomic E-state index is 12.2. The van der Waals surface area contributed by atoms with E-state index >= 15 is 0 Å². The van der Waals surface area contributed by atoms with Crippen molar-refractivity contribution in [2.24, 2.45) is 5.73 Å². The van der Waals surface area contributed by atoms with E-state index in [9.17, 15) is 4.79 Å². The van der Waals surface area contributed by atoms with E-state index in [1.54, 1.807) is 0 Å². The van der Waals surface area contributed by atoms with Gasteiger partial charge in [0.15, 0.2) is 0 Å². The molecule has 1 atom stereocenters. The minimum Gasteiger partial charge on any atom is -0.350 e. The van der Waals surface area contributed by atoms with Crippen LogP contribution < -0.4 is 11.1 Å². The van der Waals surface area contributed by atoms with E-state index in [-0.39, 0.29) is 11.4 Å². The Hall–Kier alpha value is -1.35. The van der Waals surface area contributed by atoms with Gasteiger partial charge in [-0.25, -0.2) is 0 Å². The molecule has 1 aliphatic carbocycles. The molecule has 1 aromatic carbocycles. The van der Waals surface area contributed by atoms with Crippen molar-refractivity contribution in [1.82, 2.24) is 5.32 Å². The van der Waals surface area contributed by atoms with E-state index in [1.807, 2.05) is 30.3 Å². The molecule has 1 amide bonds. The predicted molar refractivity (Wildman–Crippen MR) is 77.8 cm³/mol. The topological polar surface area (TPSA) is 55.1 Å². The molecule has 0 aliphatic heterocycles. The van der Waals surface area contributed by atoms with Crippen molar-refractivity contribution in [3.8, 4) is 0 Å². The highest BCUT2D eigenvalue weighted by molar-refractivity contribution is 5.82. The Bertz CT molecular complexity index is 410. The van der Waals surface area contributed by atoms with Crippen LogP contribution >= 0.6 is 0 Å². The Morgan fingerprint density at radius 2 is 1.89 bits per heavy atom. The summed E-state index contributed by atoms with van der Waals surface area (Å²) >= 11 is 0. The fraction of sp³-hybridized carbons (Fsp3) is 0.562. The number of nitrogens with one attached hydrogen (secondary N) is 1. The molecule has 0 radical (unpaired) electrons. The van der Waals surface area contributed by atoms with Crippen molar-refractivity contribution in [2.75, 3.05) is 0 Å². The zero-order valence-electron chi connectivity index (χ0n) is 11.7. The number of benzene rings is 1. The molecule has 3 N–H and O–H groups in total. The van der Waals surface area contributed by atoms with Gasteiger partial charge in [-0.1, -0.05) is 49.6 Å². The SMILES string of the molecule is CC1(NC(=O)[C@@H](N)Cc2ccccc2)CCCCC1. The summed E-state index contributed by atoms with van der Waals surface area (Å²) < 4.78 is 0. The number of hydrogen-bond acceptors (Lipinski definition) is 2. The molecule has 0 unspecified atom stereocenters. The number of carbonyl (C=O) groups is 1. The molecular formula is C16H24N2O. The second kappa shape index (κ2) is 6.20. The highest BCUT2D eigenvalue weighted by Gasteiger charge is 2.29. The fourth-order valence-corrected chi connectivity index (χ4v) is 2.81. The van der Waals surface area contributed by atoms with Crippen LogP contribution in [0, 0.1) is 0 Å². The molecule has 1 saturated carbocycles. The van der Waals surface area contributed by atoms with E-state index in [1.165, 1.54) is 19.3 Å². The van der Waals surface area contributed by atoms with Crippen LogP contribution in [0.15, 0.2) is 30.3 Å². The summed E-state index contributed by atoms with van der Waals surface area (Å²) in [5.41, 5.74) is 7.07. The molecule has 1 fully saturated rings. The average Bonchev–Trinajstić information content (AvgIpc) is 2.40. The zero-order valence-corrected chi connectivity index (χ0v) is 11.7. The smallest absolute Gasteiger partial charge is 0.237 e. The lowest BCUT2D eigenvalue weighted by atomic mass is 9.83. The summed E-state index contributed by atoms with van der Waals surface area (Å²) in [6, 6.07) is 9.48. The molecule has 1 aromatic rings.